The molecule has 0 aromatic heterocycles. The van der Waals surface area contributed by atoms with Crippen LogP contribution in [0.15, 0.2) is 36.4 Å². The van der Waals surface area contributed by atoms with E-state index in [0.29, 0.717) is 12.1 Å². The first-order valence-corrected chi connectivity index (χ1v) is 7.24. The van der Waals surface area contributed by atoms with E-state index in [1.54, 1.807) is 0 Å². The van der Waals surface area contributed by atoms with Gasteiger partial charge in [-0.05, 0) is 24.3 Å². The van der Waals surface area contributed by atoms with Crippen molar-refractivity contribution in [3.63, 3.8) is 0 Å². The van der Waals surface area contributed by atoms with Crippen LogP contribution in [0.4, 0.5) is 23.7 Å². The number of amides is 2. The first kappa shape index (κ1) is 20.0. The van der Waals surface area contributed by atoms with Gasteiger partial charge in [0.05, 0.1) is 15.5 Å². The summed E-state index contributed by atoms with van der Waals surface area (Å²) in [6.07, 6.45) is -6.34. The molecule has 2 amide bonds. The Bertz CT molecular complexity index is 932. The van der Waals surface area contributed by atoms with Crippen molar-refractivity contribution < 1.29 is 37.5 Å². The molecule has 0 aliphatic carbocycles. The fourth-order valence-electron chi connectivity index (χ4n) is 1.97. The van der Waals surface area contributed by atoms with Crippen LogP contribution in [0.3, 0.4) is 0 Å². The van der Waals surface area contributed by atoms with Crippen molar-refractivity contribution in [3.05, 3.63) is 62.7 Å². The molecular formula is C15H8ClF3N2O6. The maximum atomic E-state index is 12.6. The first-order valence-electron chi connectivity index (χ1n) is 6.86. The molecule has 2 N–H and O–H groups in total. The Labute approximate surface area is 153 Å². The fourth-order valence-corrected chi connectivity index (χ4v) is 2.19. The van der Waals surface area contributed by atoms with Crippen molar-refractivity contribution in [2.45, 2.75) is 6.18 Å². The number of ether oxygens (including phenoxy) is 1. The molecule has 0 fully saturated rings. The van der Waals surface area contributed by atoms with Gasteiger partial charge in [0.15, 0.2) is 0 Å². The molecule has 0 heterocycles. The number of hydrogen-bond donors (Lipinski definition) is 2. The maximum absolute atomic E-state index is 12.6. The molecule has 27 heavy (non-hydrogen) atoms. The second kappa shape index (κ2) is 7.50. The van der Waals surface area contributed by atoms with Gasteiger partial charge in [0, 0.05) is 12.1 Å². The van der Waals surface area contributed by atoms with Crippen molar-refractivity contribution in [3.8, 4) is 11.5 Å². The number of carboxylic acid groups (broad SMARTS) is 1. The summed E-state index contributed by atoms with van der Waals surface area (Å²) in [6.45, 7) is 0. The van der Waals surface area contributed by atoms with E-state index in [4.69, 9.17) is 21.4 Å². The fraction of sp³-hybridized carbons (Fsp3) is 0.0667. The highest BCUT2D eigenvalue weighted by Crippen LogP contribution is 2.37. The summed E-state index contributed by atoms with van der Waals surface area (Å²) in [4.78, 5) is 32.4. The summed E-state index contributed by atoms with van der Waals surface area (Å²) in [5.74, 6) is -1.67. The van der Waals surface area contributed by atoms with Gasteiger partial charge in [0.2, 0.25) is 0 Å². The van der Waals surface area contributed by atoms with Crippen molar-refractivity contribution >= 4 is 29.3 Å². The van der Waals surface area contributed by atoms with E-state index in [-0.39, 0.29) is 16.5 Å². The predicted molar refractivity (Wildman–Crippen MR) is 85.1 cm³/mol. The molecule has 0 aliphatic rings. The normalized spacial score (nSPS) is 11.0. The van der Waals surface area contributed by atoms with Gasteiger partial charge in [-0.25, -0.2) is 4.79 Å². The minimum Gasteiger partial charge on any atom is -0.465 e. The first-order chi connectivity index (χ1) is 12.5. The van der Waals surface area contributed by atoms with E-state index in [1.807, 2.05) is 0 Å². The Morgan fingerprint density at radius 3 is 2.37 bits per heavy atom. The number of halogens is 4. The molecule has 0 unspecified atom stereocenters. The van der Waals surface area contributed by atoms with Gasteiger partial charge in [0.25, 0.3) is 11.6 Å². The van der Waals surface area contributed by atoms with E-state index >= 15 is 0 Å². The molecule has 0 saturated heterocycles. The monoisotopic (exact) mass is 404 g/mol. The van der Waals surface area contributed by atoms with E-state index < -0.39 is 39.9 Å². The average Bonchev–Trinajstić information content (AvgIpc) is 2.54. The quantitative estimate of drug-likeness (QED) is 0.573. The smallest absolute Gasteiger partial charge is 0.416 e. The van der Waals surface area contributed by atoms with Gasteiger partial charge < -0.3 is 9.84 Å². The lowest BCUT2D eigenvalue weighted by Crippen LogP contribution is -2.29. The number of carbonyl (C=O) groups excluding carboxylic acids is 1. The third-order valence-corrected chi connectivity index (χ3v) is 3.41. The van der Waals surface area contributed by atoms with Gasteiger partial charge >= 0.3 is 12.3 Å². The van der Waals surface area contributed by atoms with Crippen molar-refractivity contribution in [2.24, 2.45) is 0 Å². The molecular weight excluding hydrogens is 397 g/mol. The van der Waals surface area contributed by atoms with Crippen LogP contribution in [0, 0.1) is 10.1 Å². The number of imide groups is 1. The largest absolute Gasteiger partial charge is 0.465 e. The maximum Gasteiger partial charge on any atom is 0.416 e. The van der Waals surface area contributed by atoms with Gasteiger partial charge in [-0.15, -0.1) is 0 Å². The Hall–Kier alpha value is -3.34. The zero-order chi connectivity index (χ0) is 20.4. The summed E-state index contributed by atoms with van der Waals surface area (Å²) in [6, 6.07) is 5.09. The predicted octanol–water partition coefficient (Wildman–Crippen LogP) is 4.47. The summed E-state index contributed by atoms with van der Waals surface area (Å²) >= 11 is 5.75. The minimum atomic E-state index is -4.61. The number of nitro benzene ring substituents is 1. The highest BCUT2D eigenvalue weighted by Gasteiger charge is 2.31. The van der Waals surface area contributed by atoms with Crippen LogP contribution in [0.1, 0.15) is 15.9 Å². The van der Waals surface area contributed by atoms with Crippen molar-refractivity contribution in [1.29, 1.82) is 0 Å². The van der Waals surface area contributed by atoms with Crippen LogP contribution in [0.5, 0.6) is 11.5 Å². The van der Waals surface area contributed by atoms with Crippen LogP contribution < -0.4 is 10.1 Å². The van der Waals surface area contributed by atoms with Crippen LogP contribution in [0.25, 0.3) is 0 Å². The Kier molecular flexibility index (Phi) is 5.55. The Morgan fingerprint density at radius 1 is 1.19 bits per heavy atom. The number of hydrogen-bond acceptors (Lipinski definition) is 5. The third kappa shape index (κ3) is 4.85. The lowest BCUT2D eigenvalue weighted by atomic mass is 10.1. The molecule has 8 nitrogen and oxygen atoms in total. The van der Waals surface area contributed by atoms with Gasteiger partial charge in [-0.3, -0.25) is 20.2 Å². The number of alkyl halides is 3. The molecule has 0 radical (unpaired) electrons. The summed E-state index contributed by atoms with van der Waals surface area (Å²) < 4.78 is 43.2. The molecule has 12 heteroatoms. The number of carbonyl (C=O) groups is 2. The van der Waals surface area contributed by atoms with Crippen LogP contribution >= 0.6 is 11.6 Å². The lowest BCUT2D eigenvalue weighted by molar-refractivity contribution is -0.385. The van der Waals surface area contributed by atoms with E-state index in [2.05, 4.69) is 0 Å². The summed E-state index contributed by atoms with van der Waals surface area (Å²) in [5, 5.41) is 20.6. The zero-order valence-electron chi connectivity index (χ0n) is 12.9. The molecule has 0 bridgehead atoms. The van der Waals surface area contributed by atoms with E-state index in [9.17, 15) is 32.9 Å². The summed E-state index contributed by atoms with van der Waals surface area (Å²) in [5.41, 5.74) is -2.33. The number of nitro groups is 1. The minimum absolute atomic E-state index is 0.183. The van der Waals surface area contributed by atoms with Crippen LogP contribution in [0.2, 0.25) is 5.02 Å². The zero-order valence-corrected chi connectivity index (χ0v) is 13.7. The van der Waals surface area contributed by atoms with Crippen LogP contribution in [-0.2, 0) is 6.18 Å². The molecule has 0 aliphatic heterocycles. The topological polar surface area (TPSA) is 119 Å². The lowest BCUT2D eigenvalue weighted by Gasteiger charge is -2.12. The van der Waals surface area contributed by atoms with E-state index in [0.717, 1.165) is 24.3 Å². The molecule has 2 rings (SSSR count). The second-order valence-corrected chi connectivity index (χ2v) is 5.35. The van der Waals surface area contributed by atoms with Gasteiger partial charge in [-0.2, -0.15) is 13.2 Å². The molecule has 0 atom stereocenters. The number of nitrogens with zero attached hydrogens (tertiary/aromatic N) is 1. The molecule has 0 spiro atoms. The molecule has 2 aromatic carbocycles. The number of nitrogens with one attached hydrogen (secondary N) is 1. The van der Waals surface area contributed by atoms with Crippen molar-refractivity contribution in [1.82, 2.24) is 5.32 Å². The van der Waals surface area contributed by atoms with Crippen LogP contribution in [-0.4, -0.2) is 22.0 Å². The van der Waals surface area contributed by atoms with Crippen molar-refractivity contribution in [2.75, 3.05) is 0 Å². The second-order valence-electron chi connectivity index (χ2n) is 4.94. The van der Waals surface area contributed by atoms with Gasteiger partial charge in [-0.1, -0.05) is 11.6 Å². The van der Waals surface area contributed by atoms with Gasteiger partial charge in [0.1, 0.15) is 17.1 Å². The average molecular weight is 405 g/mol. The summed E-state index contributed by atoms with van der Waals surface area (Å²) in [7, 11) is 0. The number of benzene rings is 2. The molecule has 142 valence electrons. The highest BCUT2D eigenvalue weighted by molar-refractivity contribution is 6.32. The molecule has 0 saturated carbocycles. The number of rotatable bonds is 4. The van der Waals surface area contributed by atoms with E-state index in [1.165, 1.54) is 5.32 Å². The third-order valence-electron chi connectivity index (χ3n) is 3.12. The molecule has 2 aromatic rings. The highest BCUT2D eigenvalue weighted by atomic mass is 35.5. The standard InChI is InChI=1S/C15H8ClF3N2O6/c16-10-5-7(15(17,18)19)1-4-12(10)27-8-2-3-11(21(25)26)9(6-8)13(22)20-14(23)24/h1-6H,(H,20,22)(H,23,24). The Balaban J connectivity index is 2.38. The SMILES string of the molecule is O=C(O)NC(=O)c1cc(Oc2ccc(C(F)(F)F)cc2Cl)ccc1[N+](=O)[O-]. The Morgan fingerprint density at radius 2 is 1.85 bits per heavy atom.